The van der Waals surface area contributed by atoms with E-state index in [0.29, 0.717) is 30.2 Å². The number of hydrogen-bond donors (Lipinski definition) is 3. The molecule has 1 saturated heterocycles. The zero-order chi connectivity index (χ0) is 14.4. The summed E-state index contributed by atoms with van der Waals surface area (Å²) in [4.78, 5) is 16.5. The van der Waals surface area contributed by atoms with Crippen LogP contribution in [0.15, 0.2) is 22.6 Å². The Labute approximate surface area is 121 Å². The third kappa shape index (κ3) is 2.52. The number of β-amino-alcohol motifs (C(OH)–C–C–N with tert-alkyl or cyclic N) is 1. The van der Waals surface area contributed by atoms with Gasteiger partial charge in [0.05, 0.1) is 12.1 Å². The highest BCUT2D eigenvalue weighted by Gasteiger charge is 2.29. The second-order valence-corrected chi connectivity index (χ2v) is 5.85. The minimum Gasteiger partial charge on any atom is -0.440 e. The maximum Gasteiger partial charge on any atom is 0.241 e. The smallest absolute Gasteiger partial charge is 0.241 e. The molecule has 6 heteroatoms. The first kappa shape index (κ1) is 12.8. The SMILES string of the molecule is O=C(Nc1ccc2nc(C3CC3)oc2c1)C1CC(O)CN1. The molecule has 3 N–H and O–H groups in total. The molecule has 1 aliphatic heterocycles. The number of anilines is 1. The maximum absolute atomic E-state index is 12.1. The van der Waals surface area contributed by atoms with E-state index in [2.05, 4.69) is 15.6 Å². The van der Waals surface area contributed by atoms with Gasteiger partial charge in [0.1, 0.15) is 5.52 Å². The zero-order valence-corrected chi connectivity index (χ0v) is 11.5. The van der Waals surface area contributed by atoms with Crippen LogP contribution in [0.25, 0.3) is 11.1 Å². The number of amides is 1. The molecule has 2 aromatic rings. The fraction of sp³-hybridized carbons (Fsp3) is 0.467. The summed E-state index contributed by atoms with van der Waals surface area (Å²) in [5.74, 6) is 1.14. The lowest BCUT2D eigenvalue weighted by Gasteiger charge is -2.10. The Morgan fingerprint density at radius 2 is 2.29 bits per heavy atom. The maximum atomic E-state index is 12.1. The van der Waals surface area contributed by atoms with Gasteiger partial charge < -0.3 is 20.2 Å². The van der Waals surface area contributed by atoms with Crippen molar-refractivity contribution in [1.29, 1.82) is 0 Å². The zero-order valence-electron chi connectivity index (χ0n) is 11.5. The number of aliphatic hydroxyl groups excluding tert-OH is 1. The Morgan fingerprint density at radius 3 is 3.00 bits per heavy atom. The van der Waals surface area contributed by atoms with E-state index in [1.165, 1.54) is 0 Å². The van der Waals surface area contributed by atoms with Gasteiger partial charge in [0.2, 0.25) is 5.91 Å². The number of aliphatic hydroxyl groups is 1. The minimum atomic E-state index is -0.446. The Bertz CT molecular complexity index is 693. The third-order valence-electron chi connectivity index (χ3n) is 4.02. The van der Waals surface area contributed by atoms with Crippen LogP contribution in [0, 0.1) is 0 Å². The van der Waals surface area contributed by atoms with Crippen molar-refractivity contribution in [2.45, 2.75) is 37.3 Å². The topological polar surface area (TPSA) is 87.4 Å². The molecule has 21 heavy (non-hydrogen) atoms. The van der Waals surface area contributed by atoms with Gasteiger partial charge in [-0.25, -0.2) is 4.98 Å². The summed E-state index contributed by atoms with van der Waals surface area (Å²) in [6, 6.07) is 5.15. The molecule has 110 valence electrons. The second-order valence-electron chi connectivity index (χ2n) is 5.85. The Balaban J connectivity index is 1.51. The van der Waals surface area contributed by atoms with Crippen molar-refractivity contribution in [2.24, 2.45) is 0 Å². The number of aromatic nitrogens is 1. The van der Waals surface area contributed by atoms with Crippen LogP contribution in [-0.2, 0) is 4.79 Å². The van der Waals surface area contributed by atoms with Crippen LogP contribution in [-0.4, -0.2) is 34.7 Å². The van der Waals surface area contributed by atoms with Crippen LogP contribution in [0.2, 0.25) is 0 Å². The molecule has 1 aliphatic carbocycles. The Hall–Kier alpha value is -1.92. The first-order valence-corrected chi connectivity index (χ1v) is 7.32. The Morgan fingerprint density at radius 1 is 1.43 bits per heavy atom. The van der Waals surface area contributed by atoms with Crippen molar-refractivity contribution >= 4 is 22.7 Å². The summed E-state index contributed by atoms with van der Waals surface area (Å²) in [6.07, 6.45) is 2.29. The molecular weight excluding hydrogens is 270 g/mol. The number of fused-ring (bicyclic) bond motifs is 1. The highest BCUT2D eigenvalue weighted by Crippen LogP contribution is 2.40. The van der Waals surface area contributed by atoms with Gasteiger partial charge in [0, 0.05) is 24.2 Å². The van der Waals surface area contributed by atoms with E-state index in [1.807, 2.05) is 12.1 Å². The molecule has 4 rings (SSSR count). The molecule has 6 nitrogen and oxygen atoms in total. The van der Waals surface area contributed by atoms with Crippen LogP contribution < -0.4 is 10.6 Å². The second kappa shape index (κ2) is 4.82. The highest BCUT2D eigenvalue weighted by atomic mass is 16.3. The molecule has 2 fully saturated rings. The number of carbonyl (C=O) groups excluding carboxylic acids is 1. The molecule has 1 aromatic heterocycles. The average Bonchev–Trinajstić information content (AvgIpc) is 3.09. The fourth-order valence-electron chi connectivity index (χ4n) is 2.67. The fourth-order valence-corrected chi connectivity index (χ4v) is 2.67. The lowest BCUT2D eigenvalue weighted by atomic mass is 10.2. The number of rotatable bonds is 3. The van der Waals surface area contributed by atoms with Crippen molar-refractivity contribution < 1.29 is 14.3 Å². The summed E-state index contributed by atoms with van der Waals surface area (Å²) in [5.41, 5.74) is 2.22. The van der Waals surface area contributed by atoms with Gasteiger partial charge in [-0.1, -0.05) is 0 Å². The van der Waals surface area contributed by atoms with Gasteiger partial charge in [0.15, 0.2) is 11.5 Å². The van der Waals surface area contributed by atoms with E-state index in [-0.39, 0.29) is 11.9 Å². The van der Waals surface area contributed by atoms with Gasteiger partial charge >= 0.3 is 0 Å². The summed E-state index contributed by atoms with van der Waals surface area (Å²) in [7, 11) is 0. The van der Waals surface area contributed by atoms with Crippen molar-refractivity contribution in [3.63, 3.8) is 0 Å². The van der Waals surface area contributed by atoms with E-state index < -0.39 is 6.10 Å². The van der Waals surface area contributed by atoms with Crippen LogP contribution >= 0.6 is 0 Å². The standard InChI is InChI=1S/C15H17N3O3/c19-10-6-12(16-7-10)14(20)17-9-3-4-11-13(5-9)21-15(18-11)8-1-2-8/h3-5,8,10,12,16,19H,1-2,6-7H2,(H,17,20). The normalized spacial score (nSPS) is 25.4. The highest BCUT2D eigenvalue weighted by molar-refractivity contribution is 5.96. The van der Waals surface area contributed by atoms with Gasteiger partial charge in [-0.05, 0) is 31.4 Å². The van der Waals surface area contributed by atoms with Crippen LogP contribution in [0.1, 0.15) is 31.1 Å². The van der Waals surface area contributed by atoms with Gasteiger partial charge in [0.25, 0.3) is 0 Å². The summed E-state index contributed by atoms with van der Waals surface area (Å²) in [6.45, 7) is 0.462. The van der Waals surface area contributed by atoms with Gasteiger partial charge in [-0.3, -0.25) is 4.79 Å². The predicted octanol–water partition coefficient (Wildman–Crippen LogP) is 1.37. The van der Waals surface area contributed by atoms with Gasteiger partial charge in [-0.15, -0.1) is 0 Å². The number of carbonyl (C=O) groups is 1. The molecular formula is C15H17N3O3. The first-order chi connectivity index (χ1) is 10.2. The van der Waals surface area contributed by atoms with E-state index in [9.17, 15) is 9.90 Å². The molecule has 0 radical (unpaired) electrons. The molecule has 0 spiro atoms. The lowest BCUT2D eigenvalue weighted by Crippen LogP contribution is -2.35. The molecule has 1 amide bonds. The van der Waals surface area contributed by atoms with Crippen LogP contribution in [0.4, 0.5) is 5.69 Å². The molecule has 2 heterocycles. The Kier molecular flexibility index (Phi) is 2.94. The summed E-state index contributed by atoms with van der Waals surface area (Å²) < 4.78 is 5.74. The van der Waals surface area contributed by atoms with E-state index in [1.54, 1.807) is 6.07 Å². The number of oxazole rings is 1. The number of nitrogens with one attached hydrogen (secondary N) is 2. The average molecular weight is 287 g/mol. The first-order valence-electron chi connectivity index (χ1n) is 7.32. The van der Waals surface area contributed by atoms with Crippen molar-refractivity contribution in [3.05, 3.63) is 24.1 Å². The molecule has 2 aliphatic rings. The molecule has 0 bridgehead atoms. The summed E-state index contributed by atoms with van der Waals surface area (Å²) in [5, 5.41) is 15.3. The summed E-state index contributed by atoms with van der Waals surface area (Å²) >= 11 is 0. The molecule has 2 unspecified atom stereocenters. The van der Waals surface area contributed by atoms with E-state index in [4.69, 9.17) is 4.42 Å². The minimum absolute atomic E-state index is 0.132. The molecule has 1 saturated carbocycles. The number of hydrogen-bond acceptors (Lipinski definition) is 5. The quantitative estimate of drug-likeness (QED) is 0.793. The van der Waals surface area contributed by atoms with Crippen molar-refractivity contribution in [1.82, 2.24) is 10.3 Å². The largest absolute Gasteiger partial charge is 0.440 e. The van der Waals surface area contributed by atoms with E-state index >= 15 is 0 Å². The monoisotopic (exact) mass is 287 g/mol. The number of nitrogens with zero attached hydrogens (tertiary/aromatic N) is 1. The van der Waals surface area contributed by atoms with Gasteiger partial charge in [-0.2, -0.15) is 0 Å². The molecule has 2 atom stereocenters. The van der Waals surface area contributed by atoms with Crippen molar-refractivity contribution in [3.8, 4) is 0 Å². The van der Waals surface area contributed by atoms with E-state index in [0.717, 1.165) is 24.2 Å². The number of benzene rings is 1. The molecule has 1 aromatic carbocycles. The third-order valence-corrected chi connectivity index (χ3v) is 4.02. The lowest BCUT2D eigenvalue weighted by molar-refractivity contribution is -0.117. The van der Waals surface area contributed by atoms with Crippen LogP contribution in [0.3, 0.4) is 0 Å². The van der Waals surface area contributed by atoms with Crippen molar-refractivity contribution in [2.75, 3.05) is 11.9 Å². The predicted molar refractivity (Wildman–Crippen MR) is 77.0 cm³/mol. The van der Waals surface area contributed by atoms with Crippen LogP contribution in [0.5, 0.6) is 0 Å².